The molecule has 6 nitrogen and oxygen atoms in total. The molecule has 0 unspecified atom stereocenters. The van der Waals surface area contributed by atoms with E-state index in [0.29, 0.717) is 12.8 Å². The molecule has 1 aromatic carbocycles. The molecule has 1 atom stereocenters. The van der Waals surface area contributed by atoms with Crippen LogP contribution in [0.2, 0.25) is 0 Å². The number of rotatable bonds is 4. The van der Waals surface area contributed by atoms with E-state index in [-0.39, 0.29) is 6.10 Å². The van der Waals surface area contributed by atoms with E-state index in [0.717, 1.165) is 31.8 Å². The molecule has 0 radical (unpaired) electrons. The summed E-state index contributed by atoms with van der Waals surface area (Å²) in [5.74, 6) is 0.206. The second-order valence-corrected chi connectivity index (χ2v) is 7.14. The van der Waals surface area contributed by atoms with Crippen molar-refractivity contribution in [2.45, 2.75) is 44.4 Å². The highest BCUT2D eigenvalue weighted by molar-refractivity contribution is 5.76. The van der Waals surface area contributed by atoms with Gasteiger partial charge in [-0.05, 0) is 43.0 Å². The van der Waals surface area contributed by atoms with Crippen LogP contribution in [0.15, 0.2) is 36.7 Å². The van der Waals surface area contributed by atoms with Crippen molar-refractivity contribution < 1.29 is 14.6 Å². The zero-order valence-corrected chi connectivity index (χ0v) is 14.4. The summed E-state index contributed by atoms with van der Waals surface area (Å²) in [5.41, 5.74) is 1.62. The van der Waals surface area contributed by atoms with Gasteiger partial charge in [0.2, 0.25) is 0 Å². The quantitative estimate of drug-likeness (QED) is 0.924. The molecule has 132 valence electrons. The highest BCUT2D eigenvalue weighted by Gasteiger charge is 2.43. The van der Waals surface area contributed by atoms with E-state index >= 15 is 0 Å². The topological polar surface area (TPSA) is 67.6 Å². The number of carboxylic acids is 1. The maximum atomic E-state index is 11.9. The van der Waals surface area contributed by atoms with Gasteiger partial charge in [-0.3, -0.25) is 9.58 Å². The van der Waals surface area contributed by atoms with Crippen LogP contribution < -0.4 is 4.74 Å². The molecule has 3 heterocycles. The third-order valence-corrected chi connectivity index (χ3v) is 5.39. The van der Waals surface area contributed by atoms with E-state index in [1.807, 2.05) is 0 Å². The largest absolute Gasteiger partial charge is 0.490 e. The minimum absolute atomic E-state index is 0.255. The fourth-order valence-electron chi connectivity index (χ4n) is 3.98. The molecule has 0 spiro atoms. The number of carboxylic acid groups (broad SMARTS) is 1. The minimum Gasteiger partial charge on any atom is -0.490 e. The van der Waals surface area contributed by atoms with E-state index in [9.17, 15) is 9.90 Å². The van der Waals surface area contributed by atoms with E-state index in [4.69, 9.17) is 4.74 Å². The standard InChI is InChI=1S/C19H23N3O3/c1-14-11-16-12-15(3-4-17(16)25-14)13-21-9-5-19(6-10-21,18(23)24)22-8-2-7-20-22/h2-4,7-8,12,14H,5-6,9-11,13H2,1H3,(H,23,24)/t14-/m0/s1. The first-order valence-electron chi connectivity index (χ1n) is 8.81. The molecule has 0 bridgehead atoms. The van der Waals surface area contributed by atoms with Crippen LogP contribution in [0.1, 0.15) is 30.9 Å². The molecule has 2 aliphatic rings. The summed E-state index contributed by atoms with van der Waals surface area (Å²) in [6, 6.07) is 8.18. The average molecular weight is 341 g/mol. The zero-order valence-electron chi connectivity index (χ0n) is 14.4. The number of nitrogens with zero attached hydrogens (tertiary/aromatic N) is 3. The molecule has 6 heteroatoms. The maximum absolute atomic E-state index is 11.9. The average Bonchev–Trinajstić information content (AvgIpc) is 3.24. The summed E-state index contributed by atoms with van der Waals surface area (Å²) in [6.07, 6.45) is 5.75. The molecular weight excluding hydrogens is 318 g/mol. The first-order valence-corrected chi connectivity index (χ1v) is 8.81. The molecule has 1 fully saturated rings. The second kappa shape index (κ2) is 6.19. The summed E-state index contributed by atoms with van der Waals surface area (Å²) in [4.78, 5) is 14.2. The van der Waals surface area contributed by atoms with Crippen LogP contribution in [-0.4, -0.2) is 44.9 Å². The summed E-state index contributed by atoms with van der Waals surface area (Å²) >= 11 is 0. The summed E-state index contributed by atoms with van der Waals surface area (Å²) in [7, 11) is 0. The first-order chi connectivity index (χ1) is 12.1. The van der Waals surface area contributed by atoms with E-state index in [1.165, 1.54) is 11.1 Å². The Kier molecular flexibility index (Phi) is 4.00. The van der Waals surface area contributed by atoms with Gasteiger partial charge in [0.1, 0.15) is 11.9 Å². The number of fused-ring (bicyclic) bond motifs is 1. The molecule has 1 saturated heterocycles. The number of aliphatic carboxylic acids is 1. The highest BCUT2D eigenvalue weighted by atomic mass is 16.5. The lowest BCUT2D eigenvalue weighted by Gasteiger charge is -2.39. The molecule has 4 rings (SSSR count). The van der Waals surface area contributed by atoms with Crippen LogP contribution in [0, 0.1) is 0 Å². The SMILES string of the molecule is C[C@H]1Cc2cc(CN3CCC(C(=O)O)(n4cccn4)CC3)ccc2O1. The van der Waals surface area contributed by atoms with Gasteiger partial charge in [-0.2, -0.15) is 5.10 Å². The van der Waals surface area contributed by atoms with Crippen molar-refractivity contribution in [1.82, 2.24) is 14.7 Å². The number of ether oxygens (including phenoxy) is 1. The van der Waals surface area contributed by atoms with Gasteiger partial charge in [0, 0.05) is 38.4 Å². The molecule has 2 aromatic rings. The van der Waals surface area contributed by atoms with Crippen molar-refractivity contribution in [1.29, 1.82) is 0 Å². The van der Waals surface area contributed by atoms with Crippen LogP contribution in [0.5, 0.6) is 5.75 Å². The predicted octanol–water partition coefficient (Wildman–Crippen LogP) is 2.28. The summed E-state index contributed by atoms with van der Waals surface area (Å²) < 4.78 is 7.37. The highest BCUT2D eigenvalue weighted by Crippen LogP contribution is 2.32. The van der Waals surface area contributed by atoms with Crippen LogP contribution in [0.4, 0.5) is 0 Å². The monoisotopic (exact) mass is 341 g/mol. The van der Waals surface area contributed by atoms with Crippen molar-refractivity contribution in [3.63, 3.8) is 0 Å². The van der Waals surface area contributed by atoms with Gasteiger partial charge in [0.05, 0.1) is 0 Å². The van der Waals surface area contributed by atoms with Gasteiger partial charge in [-0.15, -0.1) is 0 Å². The van der Waals surface area contributed by atoms with E-state index in [1.54, 1.807) is 23.1 Å². The lowest BCUT2D eigenvalue weighted by molar-refractivity contribution is -0.151. The smallest absolute Gasteiger partial charge is 0.331 e. The number of hydrogen-bond acceptors (Lipinski definition) is 4. The Balaban J connectivity index is 1.44. The Morgan fingerprint density at radius 2 is 2.20 bits per heavy atom. The molecule has 0 amide bonds. The fraction of sp³-hybridized carbons (Fsp3) is 0.474. The van der Waals surface area contributed by atoms with Gasteiger partial charge in [-0.25, -0.2) is 4.79 Å². The number of benzene rings is 1. The van der Waals surface area contributed by atoms with Crippen LogP contribution in [-0.2, 0) is 23.3 Å². The van der Waals surface area contributed by atoms with Gasteiger partial charge in [0.25, 0.3) is 0 Å². The zero-order chi connectivity index (χ0) is 17.4. The fourth-order valence-corrected chi connectivity index (χ4v) is 3.98. The number of carbonyl (C=O) groups is 1. The van der Waals surface area contributed by atoms with Crippen molar-refractivity contribution in [2.75, 3.05) is 13.1 Å². The minimum atomic E-state index is -0.915. The van der Waals surface area contributed by atoms with Gasteiger partial charge in [-0.1, -0.05) is 12.1 Å². The third-order valence-electron chi connectivity index (χ3n) is 5.39. The van der Waals surface area contributed by atoms with Crippen LogP contribution >= 0.6 is 0 Å². The number of piperidine rings is 1. The summed E-state index contributed by atoms with van der Waals surface area (Å²) in [5, 5.41) is 14.0. The number of hydrogen-bond donors (Lipinski definition) is 1. The van der Waals surface area contributed by atoms with Gasteiger partial charge >= 0.3 is 5.97 Å². The Labute approximate surface area is 147 Å². The number of aromatic nitrogens is 2. The van der Waals surface area contributed by atoms with E-state index < -0.39 is 11.5 Å². The summed E-state index contributed by atoms with van der Waals surface area (Å²) in [6.45, 7) is 4.42. The second-order valence-electron chi connectivity index (χ2n) is 7.14. The Morgan fingerprint density at radius 1 is 1.40 bits per heavy atom. The van der Waals surface area contributed by atoms with Crippen molar-refractivity contribution in [3.8, 4) is 5.75 Å². The molecule has 2 aliphatic heterocycles. The van der Waals surface area contributed by atoms with Crippen molar-refractivity contribution >= 4 is 5.97 Å². The normalized spacial score (nSPS) is 22.4. The molecular formula is C19H23N3O3. The Hall–Kier alpha value is -2.34. The van der Waals surface area contributed by atoms with Crippen molar-refractivity contribution in [2.24, 2.45) is 0 Å². The number of likely N-dealkylation sites (tertiary alicyclic amines) is 1. The van der Waals surface area contributed by atoms with Gasteiger partial charge < -0.3 is 9.84 Å². The van der Waals surface area contributed by atoms with E-state index in [2.05, 4.69) is 35.1 Å². The molecule has 1 aromatic heterocycles. The lowest BCUT2D eigenvalue weighted by Crippen LogP contribution is -2.51. The lowest BCUT2D eigenvalue weighted by atomic mass is 9.87. The first kappa shape index (κ1) is 16.1. The Bertz CT molecular complexity index is 764. The predicted molar refractivity (Wildman–Crippen MR) is 92.6 cm³/mol. The third kappa shape index (κ3) is 2.91. The molecule has 0 aliphatic carbocycles. The van der Waals surface area contributed by atoms with Crippen molar-refractivity contribution in [3.05, 3.63) is 47.8 Å². The maximum Gasteiger partial charge on any atom is 0.331 e. The molecule has 1 N–H and O–H groups in total. The van der Waals surface area contributed by atoms with Crippen LogP contribution in [0.25, 0.3) is 0 Å². The Morgan fingerprint density at radius 3 is 2.88 bits per heavy atom. The van der Waals surface area contributed by atoms with Gasteiger partial charge in [0.15, 0.2) is 5.54 Å². The van der Waals surface area contributed by atoms with Crippen LogP contribution in [0.3, 0.4) is 0 Å². The molecule has 0 saturated carbocycles. The molecule has 25 heavy (non-hydrogen) atoms.